The molecule has 0 fully saturated rings. The number of hydrogen-bond acceptors (Lipinski definition) is 3. The third-order valence-electron chi connectivity index (χ3n) is 2.97. The highest BCUT2D eigenvalue weighted by Crippen LogP contribution is 2.24. The van der Waals surface area contributed by atoms with Crippen molar-refractivity contribution in [1.82, 2.24) is 14.5 Å². The van der Waals surface area contributed by atoms with Gasteiger partial charge < -0.3 is 9.88 Å². The van der Waals surface area contributed by atoms with E-state index in [4.69, 9.17) is 0 Å². The molecule has 2 heterocycles. The van der Waals surface area contributed by atoms with Gasteiger partial charge in [0.2, 0.25) is 5.95 Å². The smallest absolute Gasteiger partial charge is 0.207 e. The first-order chi connectivity index (χ1) is 9.38. The number of nitrogens with zero attached hydrogens (tertiary/aromatic N) is 3. The first-order valence-electron chi connectivity index (χ1n) is 6.10. The third kappa shape index (κ3) is 2.20. The second-order valence-corrected chi connectivity index (χ2v) is 4.22. The van der Waals surface area contributed by atoms with E-state index in [0.717, 1.165) is 29.0 Å². The summed E-state index contributed by atoms with van der Waals surface area (Å²) < 4.78 is 2.00. The van der Waals surface area contributed by atoms with Crippen molar-refractivity contribution in [2.75, 3.05) is 5.32 Å². The fourth-order valence-corrected chi connectivity index (χ4v) is 2.06. The summed E-state index contributed by atoms with van der Waals surface area (Å²) in [6.45, 7) is 4.47. The quantitative estimate of drug-likeness (QED) is 0.722. The SMILES string of the molecule is C=CCn1ccnc1Nc1cccc2ccncc12. The van der Waals surface area contributed by atoms with Crippen LogP contribution in [0.5, 0.6) is 0 Å². The minimum Gasteiger partial charge on any atom is -0.325 e. The van der Waals surface area contributed by atoms with Crippen LogP contribution in [0.1, 0.15) is 0 Å². The number of allylic oxidation sites excluding steroid dienone is 1. The predicted molar refractivity (Wildman–Crippen MR) is 77.4 cm³/mol. The van der Waals surface area contributed by atoms with E-state index in [1.54, 1.807) is 12.4 Å². The second kappa shape index (κ2) is 4.94. The van der Waals surface area contributed by atoms with E-state index < -0.39 is 0 Å². The van der Waals surface area contributed by atoms with Crippen molar-refractivity contribution in [3.05, 3.63) is 61.7 Å². The van der Waals surface area contributed by atoms with E-state index in [1.807, 2.05) is 41.2 Å². The maximum Gasteiger partial charge on any atom is 0.207 e. The van der Waals surface area contributed by atoms with E-state index in [2.05, 4.69) is 27.9 Å². The van der Waals surface area contributed by atoms with E-state index in [-0.39, 0.29) is 0 Å². The average molecular weight is 250 g/mol. The van der Waals surface area contributed by atoms with E-state index in [9.17, 15) is 0 Å². The van der Waals surface area contributed by atoms with Gasteiger partial charge in [0, 0.05) is 36.7 Å². The van der Waals surface area contributed by atoms with Crippen LogP contribution in [0.4, 0.5) is 11.6 Å². The molecule has 0 radical (unpaired) electrons. The number of fused-ring (bicyclic) bond motifs is 1. The summed E-state index contributed by atoms with van der Waals surface area (Å²) in [4.78, 5) is 8.50. The van der Waals surface area contributed by atoms with Gasteiger partial charge in [0.1, 0.15) is 0 Å². The highest BCUT2D eigenvalue weighted by Gasteiger charge is 2.05. The van der Waals surface area contributed by atoms with Gasteiger partial charge in [-0.3, -0.25) is 4.98 Å². The van der Waals surface area contributed by atoms with Gasteiger partial charge >= 0.3 is 0 Å². The third-order valence-corrected chi connectivity index (χ3v) is 2.97. The highest BCUT2D eigenvalue weighted by molar-refractivity contribution is 5.94. The zero-order chi connectivity index (χ0) is 13.1. The normalized spacial score (nSPS) is 10.5. The maximum absolute atomic E-state index is 4.32. The van der Waals surface area contributed by atoms with Crippen LogP contribution in [-0.2, 0) is 6.54 Å². The molecule has 4 nitrogen and oxygen atoms in total. The lowest BCUT2D eigenvalue weighted by Gasteiger charge is -2.10. The molecule has 2 aromatic heterocycles. The van der Waals surface area contributed by atoms with Crippen LogP contribution in [-0.4, -0.2) is 14.5 Å². The number of rotatable bonds is 4. The van der Waals surface area contributed by atoms with Gasteiger partial charge in [0.15, 0.2) is 0 Å². The lowest BCUT2D eigenvalue weighted by Crippen LogP contribution is -2.02. The summed E-state index contributed by atoms with van der Waals surface area (Å²) >= 11 is 0. The Morgan fingerprint density at radius 1 is 1.26 bits per heavy atom. The van der Waals surface area contributed by atoms with Gasteiger partial charge in [-0.25, -0.2) is 4.98 Å². The standard InChI is InChI=1S/C15H14N4/c1-2-9-19-10-8-17-15(19)18-14-5-3-4-12-6-7-16-11-13(12)14/h2-8,10-11H,1,9H2,(H,17,18). The van der Waals surface area contributed by atoms with E-state index in [1.165, 1.54) is 0 Å². The average Bonchev–Trinajstić information content (AvgIpc) is 2.87. The minimum absolute atomic E-state index is 0.728. The number of nitrogens with one attached hydrogen (secondary N) is 1. The Balaban J connectivity index is 2.01. The first-order valence-corrected chi connectivity index (χ1v) is 6.10. The molecule has 0 aliphatic rings. The molecular formula is C15H14N4. The van der Waals surface area contributed by atoms with Crippen LogP contribution in [0.3, 0.4) is 0 Å². The molecule has 94 valence electrons. The van der Waals surface area contributed by atoms with Crippen molar-refractivity contribution in [2.45, 2.75) is 6.54 Å². The summed E-state index contributed by atoms with van der Waals surface area (Å²) in [6.07, 6.45) is 9.20. The molecule has 0 amide bonds. The molecule has 0 saturated carbocycles. The molecule has 4 heteroatoms. The zero-order valence-corrected chi connectivity index (χ0v) is 10.5. The van der Waals surface area contributed by atoms with Crippen LogP contribution in [0.25, 0.3) is 10.8 Å². The molecule has 0 aliphatic carbocycles. The summed E-state index contributed by atoms with van der Waals surface area (Å²) in [7, 11) is 0. The van der Waals surface area contributed by atoms with Gasteiger partial charge in [-0.05, 0) is 17.5 Å². The molecule has 0 aliphatic heterocycles. The minimum atomic E-state index is 0.728. The lowest BCUT2D eigenvalue weighted by molar-refractivity contribution is 0.833. The molecule has 0 saturated heterocycles. The summed E-state index contributed by atoms with van der Waals surface area (Å²) in [6, 6.07) is 8.11. The molecule has 0 bridgehead atoms. The van der Waals surface area contributed by atoms with Gasteiger partial charge in [0.05, 0.1) is 5.69 Å². The van der Waals surface area contributed by atoms with Crippen molar-refractivity contribution < 1.29 is 0 Å². The van der Waals surface area contributed by atoms with Crippen LogP contribution in [0.15, 0.2) is 61.7 Å². The van der Waals surface area contributed by atoms with Crippen LogP contribution in [0.2, 0.25) is 0 Å². The van der Waals surface area contributed by atoms with Gasteiger partial charge in [-0.15, -0.1) is 6.58 Å². The number of benzene rings is 1. The lowest BCUT2D eigenvalue weighted by atomic mass is 10.1. The molecule has 0 spiro atoms. The Labute approximate surface area is 111 Å². The molecular weight excluding hydrogens is 236 g/mol. The first kappa shape index (κ1) is 11.5. The Morgan fingerprint density at radius 2 is 2.21 bits per heavy atom. The molecule has 3 aromatic rings. The molecule has 1 N–H and O–H groups in total. The monoisotopic (exact) mass is 250 g/mol. The topological polar surface area (TPSA) is 42.7 Å². The van der Waals surface area contributed by atoms with Crippen LogP contribution in [0, 0.1) is 0 Å². The number of pyridine rings is 1. The Morgan fingerprint density at radius 3 is 3.11 bits per heavy atom. The van der Waals surface area contributed by atoms with Crippen molar-refractivity contribution in [3.8, 4) is 0 Å². The van der Waals surface area contributed by atoms with Gasteiger partial charge in [-0.1, -0.05) is 18.2 Å². The fraction of sp³-hybridized carbons (Fsp3) is 0.0667. The summed E-state index contributed by atoms with van der Waals surface area (Å²) in [5, 5.41) is 5.58. The van der Waals surface area contributed by atoms with Gasteiger partial charge in [-0.2, -0.15) is 0 Å². The fourth-order valence-electron chi connectivity index (χ4n) is 2.06. The van der Waals surface area contributed by atoms with Crippen molar-refractivity contribution in [3.63, 3.8) is 0 Å². The van der Waals surface area contributed by atoms with Crippen LogP contribution < -0.4 is 5.32 Å². The van der Waals surface area contributed by atoms with E-state index in [0.29, 0.717) is 0 Å². The van der Waals surface area contributed by atoms with Crippen molar-refractivity contribution in [1.29, 1.82) is 0 Å². The number of anilines is 2. The second-order valence-electron chi connectivity index (χ2n) is 4.22. The van der Waals surface area contributed by atoms with Crippen molar-refractivity contribution >= 4 is 22.4 Å². The maximum atomic E-state index is 4.32. The number of aromatic nitrogens is 3. The highest BCUT2D eigenvalue weighted by atomic mass is 15.2. The number of imidazole rings is 1. The van der Waals surface area contributed by atoms with Gasteiger partial charge in [0.25, 0.3) is 0 Å². The van der Waals surface area contributed by atoms with Crippen LogP contribution >= 0.6 is 0 Å². The largest absolute Gasteiger partial charge is 0.325 e. The molecule has 0 unspecified atom stereocenters. The molecule has 19 heavy (non-hydrogen) atoms. The molecule has 0 atom stereocenters. The Hall–Kier alpha value is -2.62. The van der Waals surface area contributed by atoms with Crippen molar-refractivity contribution in [2.24, 2.45) is 0 Å². The number of hydrogen-bond donors (Lipinski definition) is 1. The summed E-state index contributed by atoms with van der Waals surface area (Å²) in [5.74, 6) is 0.802. The molecule has 1 aromatic carbocycles. The summed E-state index contributed by atoms with van der Waals surface area (Å²) in [5.41, 5.74) is 1.00. The Bertz CT molecular complexity index is 709. The predicted octanol–water partition coefficient (Wildman–Crippen LogP) is 3.36. The Kier molecular flexibility index (Phi) is 2.98. The van der Waals surface area contributed by atoms with E-state index >= 15 is 0 Å². The molecule has 3 rings (SSSR count). The zero-order valence-electron chi connectivity index (χ0n) is 10.5.